The smallest absolute Gasteiger partial charge is 0.333 e. The Balaban J connectivity index is 2.41. The van der Waals surface area contributed by atoms with Gasteiger partial charge in [0, 0.05) is 19.6 Å². The van der Waals surface area contributed by atoms with Gasteiger partial charge in [-0.05, 0) is 78.6 Å². The fraction of sp³-hybridized carbons (Fsp3) is 0.840. The number of methoxy groups -OCH3 is 1. The van der Waals surface area contributed by atoms with Gasteiger partial charge in [-0.25, -0.2) is 4.79 Å². The van der Waals surface area contributed by atoms with Crippen LogP contribution in [0.15, 0.2) is 12.2 Å². The highest BCUT2D eigenvalue weighted by atomic mass is 16.6. The molecule has 2 N–H and O–H groups in total. The molecule has 8 nitrogen and oxygen atoms in total. The molecule has 2 bridgehead atoms. The molecule has 2 rings (SSSR count). The summed E-state index contributed by atoms with van der Waals surface area (Å²) in [6.07, 6.45) is 1.38. The van der Waals surface area contributed by atoms with E-state index in [2.05, 4.69) is 6.58 Å². The number of hydrogen-bond donors (Lipinski definition) is 2. The van der Waals surface area contributed by atoms with Gasteiger partial charge in [-0.3, -0.25) is 4.79 Å². The lowest BCUT2D eigenvalue weighted by Gasteiger charge is -2.38. The van der Waals surface area contributed by atoms with Crippen molar-refractivity contribution in [3.8, 4) is 0 Å². The lowest BCUT2D eigenvalue weighted by Crippen LogP contribution is -2.47. The number of fused-ring (bicyclic) bond motifs is 2. The monoisotopic (exact) mass is 470 g/mol. The minimum absolute atomic E-state index is 0.236. The van der Waals surface area contributed by atoms with Crippen LogP contribution in [-0.2, 0) is 28.5 Å². The van der Waals surface area contributed by atoms with E-state index in [-0.39, 0.29) is 12.5 Å². The Morgan fingerprint density at radius 3 is 2.24 bits per heavy atom. The zero-order valence-corrected chi connectivity index (χ0v) is 21.0. The summed E-state index contributed by atoms with van der Waals surface area (Å²) in [7, 11) is 1.52. The molecule has 2 aliphatic rings. The standard InChI is InChI=1S/C25H42O8/c1-8-31-22(27)16(2)18-9-12-23(4,28)19-11-14-25(6,33-19)20(32-17(3)26)10-13-24(5,29)21(15-18)30-7/h18-21,28-29H,2,8-15H2,1,3-7H3/t18-,19-,20+,21-,23-,24+,25+/m1/s1. The molecule has 2 heterocycles. The molecule has 0 aromatic heterocycles. The Kier molecular flexibility index (Phi) is 9.12. The zero-order chi connectivity index (χ0) is 25.0. The molecule has 0 saturated carbocycles. The fourth-order valence-corrected chi connectivity index (χ4v) is 5.12. The third kappa shape index (κ3) is 6.78. The minimum atomic E-state index is -1.26. The quantitative estimate of drug-likeness (QED) is 0.466. The van der Waals surface area contributed by atoms with E-state index in [0.717, 1.165) is 0 Å². The van der Waals surface area contributed by atoms with Crippen LogP contribution in [0.3, 0.4) is 0 Å². The maximum atomic E-state index is 12.4. The summed E-state index contributed by atoms with van der Waals surface area (Å²) in [5.74, 6) is -1.26. The van der Waals surface area contributed by atoms with E-state index < -0.39 is 47.1 Å². The van der Waals surface area contributed by atoms with Crippen LogP contribution < -0.4 is 0 Å². The molecule has 0 aromatic rings. The van der Waals surface area contributed by atoms with Crippen molar-refractivity contribution in [3.05, 3.63) is 12.2 Å². The number of carbonyl (C=O) groups excluding carboxylic acids is 2. The van der Waals surface area contributed by atoms with Crippen molar-refractivity contribution in [3.63, 3.8) is 0 Å². The van der Waals surface area contributed by atoms with Crippen LogP contribution >= 0.6 is 0 Å². The summed E-state index contributed by atoms with van der Waals surface area (Å²) in [6, 6.07) is 0. The van der Waals surface area contributed by atoms with Crippen LogP contribution in [-0.4, -0.2) is 71.0 Å². The molecule has 0 unspecified atom stereocenters. The minimum Gasteiger partial charge on any atom is -0.463 e. The third-order valence-electron chi connectivity index (χ3n) is 7.42. The Morgan fingerprint density at radius 2 is 1.67 bits per heavy atom. The molecule has 0 spiro atoms. The Bertz CT molecular complexity index is 715. The Hall–Kier alpha value is -1.48. The molecule has 33 heavy (non-hydrogen) atoms. The Labute approximate surface area is 197 Å². The lowest BCUT2D eigenvalue weighted by atomic mass is 9.78. The average Bonchev–Trinajstić information content (AvgIpc) is 3.14. The average molecular weight is 471 g/mol. The zero-order valence-electron chi connectivity index (χ0n) is 21.0. The van der Waals surface area contributed by atoms with Crippen LogP contribution in [0.2, 0.25) is 0 Å². The Morgan fingerprint density at radius 1 is 1.03 bits per heavy atom. The van der Waals surface area contributed by atoms with Gasteiger partial charge in [0.05, 0.1) is 30.0 Å². The largest absolute Gasteiger partial charge is 0.463 e. The second-order valence-corrected chi connectivity index (χ2v) is 10.3. The van der Waals surface area contributed by atoms with E-state index in [0.29, 0.717) is 50.5 Å². The van der Waals surface area contributed by atoms with E-state index in [1.807, 2.05) is 6.92 Å². The van der Waals surface area contributed by atoms with Gasteiger partial charge in [0.2, 0.25) is 0 Å². The van der Waals surface area contributed by atoms with Crippen molar-refractivity contribution in [1.82, 2.24) is 0 Å². The molecule has 0 aliphatic carbocycles. The number of hydrogen-bond acceptors (Lipinski definition) is 8. The number of ether oxygens (including phenoxy) is 4. The van der Waals surface area contributed by atoms with Gasteiger partial charge < -0.3 is 29.2 Å². The second kappa shape index (κ2) is 10.8. The van der Waals surface area contributed by atoms with Crippen LogP contribution in [0.25, 0.3) is 0 Å². The topological polar surface area (TPSA) is 112 Å². The highest BCUT2D eigenvalue weighted by Gasteiger charge is 2.50. The van der Waals surface area contributed by atoms with Gasteiger partial charge in [-0.2, -0.15) is 0 Å². The maximum Gasteiger partial charge on any atom is 0.333 e. The molecule has 0 aromatic carbocycles. The van der Waals surface area contributed by atoms with Gasteiger partial charge >= 0.3 is 11.9 Å². The van der Waals surface area contributed by atoms with E-state index in [4.69, 9.17) is 18.9 Å². The molecule has 8 heteroatoms. The number of carbonyl (C=O) groups is 2. The first-order valence-corrected chi connectivity index (χ1v) is 11.9. The van der Waals surface area contributed by atoms with E-state index in [1.165, 1.54) is 14.0 Å². The van der Waals surface area contributed by atoms with E-state index in [9.17, 15) is 19.8 Å². The highest BCUT2D eigenvalue weighted by Crippen LogP contribution is 2.43. The predicted molar refractivity (Wildman–Crippen MR) is 122 cm³/mol. The first kappa shape index (κ1) is 27.8. The van der Waals surface area contributed by atoms with Crippen molar-refractivity contribution in [2.45, 2.75) is 115 Å². The second-order valence-electron chi connectivity index (χ2n) is 10.3. The predicted octanol–water partition coefficient (Wildman–Crippen LogP) is 3.07. The van der Waals surface area contributed by atoms with Crippen LogP contribution in [0.1, 0.15) is 79.6 Å². The molecule has 2 saturated heterocycles. The molecule has 0 radical (unpaired) electrons. The van der Waals surface area contributed by atoms with Gasteiger partial charge in [-0.15, -0.1) is 0 Å². The summed E-state index contributed by atoms with van der Waals surface area (Å²) in [6.45, 7) is 12.6. The fourth-order valence-electron chi connectivity index (χ4n) is 5.12. The van der Waals surface area contributed by atoms with Crippen LogP contribution in [0, 0.1) is 5.92 Å². The highest BCUT2D eigenvalue weighted by molar-refractivity contribution is 5.88. The van der Waals surface area contributed by atoms with Crippen molar-refractivity contribution >= 4 is 11.9 Å². The van der Waals surface area contributed by atoms with Gasteiger partial charge in [-0.1, -0.05) is 6.58 Å². The summed E-state index contributed by atoms with van der Waals surface area (Å²) >= 11 is 0. The van der Waals surface area contributed by atoms with Gasteiger partial charge in [0.1, 0.15) is 11.7 Å². The lowest BCUT2D eigenvalue weighted by molar-refractivity contribution is -0.186. The van der Waals surface area contributed by atoms with Crippen molar-refractivity contribution in [1.29, 1.82) is 0 Å². The van der Waals surface area contributed by atoms with Crippen LogP contribution in [0.5, 0.6) is 0 Å². The molecule has 190 valence electrons. The number of aliphatic hydroxyl groups is 2. The third-order valence-corrected chi connectivity index (χ3v) is 7.42. The maximum absolute atomic E-state index is 12.4. The van der Waals surface area contributed by atoms with E-state index >= 15 is 0 Å². The summed E-state index contributed by atoms with van der Waals surface area (Å²) in [5.41, 5.74) is -2.90. The first-order valence-electron chi connectivity index (χ1n) is 11.9. The number of esters is 2. The van der Waals surface area contributed by atoms with Gasteiger partial charge in [0.15, 0.2) is 0 Å². The molecular formula is C25H42O8. The summed E-state index contributed by atoms with van der Waals surface area (Å²) in [5, 5.41) is 22.6. The first-order chi connectivity index (χ1) is 15.3. The number of rotatable bonds is 5. The summed E-state index contributed by atoms with van der Waals surface area (Å²) < 4.78 is 22.8. The SMILES string of the molecule is C=C(C(=O)OCC)[C@@H]1CC[C@@](C)(O)[C@H]2CC[C@](C)(O2)[C@@H](OC(C)=O)CC[C@](C)(O)[C@H](OC)C1. The molecule has 2 aliphatic heterocycles. The molecule has 0 amide bonds. The normalized spacial score (nSPS) is 40.1. The van der Waals surface area contributed by atoms with Crippen LogP contribution in [0.4, 0.5) is 0 Å². The van der Waals surface area contributed by atoms with Crippen molar-refractivity contribution < 1.29 is 38.7 Å². The van der Waals surface area contributed by atoms with E-state index in [1.54, 1.807) is 20.8 Å². The van der Waals surface area contributed by atoms with Crippen molar-refractivity contribution in [2.75, 3.05) is 13.7 Å². The molecular weight excluding hydrogens is 428 g/mol. The summed E-state index contributed by atoms with van der Waals surface area (Å²) in [4.78, 5) is 24.3. The van der Waals surface area contributed by atoms with Gasteiger partial charge in [0.25, 0.3) is 0 Å². The molecule has 2 fully saturated rings. The van der Waals surface area contributed by atoms with Crippen molar-refractivity contribution in [2.24, 2.45) is 5.92 Å². The molecule has 7 atom stereocenters.